The predicted molar refractivity (Wildman–Crippen MR) is 220 cm³/mol. The van der Waals surface area contributed by atoms with Crippen LogP contribution in [0.1, 0.15) is 23.1 Å². The van der Waals surface area contributed by atoms with Crippen molar-refractivity contribution < 1.29 is 42.7 Å². The third-order valence-corrected chi connectivity index (χ3v) is 9.53. The first-order valence-electron chi connectivity index (χ1n) is 20.2. The topological polar surface area (TPSA) is 218 Å². The van der Waals surface area contributed by atoms with Crippen molar-refractivity contribution in [2.45, 2.75) is 25.9 Å². The van der Waals surface area contributed by atoms with Gasteiger partial charge in [-0.2, -0.15) is 5.10 Å². The number of amides is 1. The average Bonchev–Trinajstić information content (AvgIpc) is 3.88. The molecular weight excluding hydrogens is 763 g/mol. The zero-order valence-electron chi connectivity index (χ0n) is 33.7. The van der Waals surface area contributed by atoms with E-state index in [2.05, 4.69) is 38.1 Å². The van der Waals surface area contributed by atoms with Crippen LogP contribution >= 0.6 is 0 Å². The van der Waals surface area contributed by atoms with Crippen molar-refractivity contribution in [2.24, 2.45) is 5.73 Å². The lowest BCUT2D eigenvalue weighted by Gasteiger charge is -2.29. The van der Waals surface area contributed by atoms with Gasteiger partial charge in [-0.05, 0) is 35.2 Å². The van der Waals surface area contributed by atoms with E-state index in [0.29, 0.717) is 161 Å². The number of nitrogens with zero attached hydrogens (tertiary/aromatic N) is 6. The lowest BCUT2D eigenvalue weighted by atomic mass is 9.97. The van der Waals surface area contributed by atoms with E-state index in [1.165, 1.54) is 11.9 Å². The summed E-state index contributed by atoms with van der Waals surface area (Å²) in [4.78, 5) is 31.3. The highest BCUT2D eigenvalue weighted by Gasteiger charge is 2.22. The third kappa shape index (κ3) is 13.7. The van der Waals surface area contributed by atoms with Gasteiger partial charge in [-0.15, -0.1) is 0 Å². The maximum Gasteiger partial charge on any atom is 0.225 e. The van der Waals surface area contributed by atoms with Crippen molar-refractivity contribution in [3.8, 4) is 11.3 Å². The fourth-order valence-corrected chi connectivity index (χ4v) is 6.54. The molecule has 1 aromatic carbocycles. The van der Waals surface area contributed by atoms with Gasteiger partial charge in [0.15, 0.2) is 5.65 Å². The smallest absolute Gasteiger partial charge is 0.225 e. The quantitative estimate of drug-likeness (QED) is 0.0590. The van der Waals surface area contributed by atoms with Crippen molar-refractivity contribution >= 4 is 33.8 Å². The Balaban J connectivity index is 0.781. The minimum atomic E-state index is 0.0791. The zero-order valence-corrected chi connectivity index (χ0v) is 33.7. The maximum absolute atomic E-state index is 13.0. The minimum absolute atomic E-state index is 0.0791. The maximum atomic E-state index is 13.0. The van der Waals surface area contributed by atoms with Crippen LogP contribution in [-0.2, 0) is 62.2 Å². The largest absolute Gasteiger partial charge is 0.383 e. The molecular formula is C41H57N9O9. The van der Waals surface area contributed by atoms with E-state index in [-0.39, 0.29) is 5.91 Å². The standard InChI is InChI=1S/C41H57N9O9/c42-6-10-53-12-14-55-16-18-57-20-22-59-24-23-58-21-19-56-17-15-54-13-11-52-9-5-36(51)49-8-4-32-25-31(1-2-34(32)29-49)28-50-41-37(39(43)46-30-47-41)38(48-50)35-26-33-3-7-44-40(33)45-27-35/h1-3,7,25-27,30H,4-6,8-24,28-29,42H2,(H,44,45)(H2,43,46,47). The summed E-state index contributed by atoms with van der Waals surface area (Å²) in [5.41, 5.74) is 18.2. The summed E-state index contributed by atoms with van der Waals surface area (Å²) in [7, 11) is 0. The van der Waals surface area contributed by atoms with Gasteiger partial charge in [0.2, 0.25) is 5.91 Å². The predicted octanol–water partition coefficient (Wildman–Crippen LogP) is 2.37. The van der Waals surface area contributed by atoms with Crippen LogP contribution in [0, 0.1) is 0 Å². The number of anilines is 1. The fourth-order valence-electron chi connectivity index (χ4n) is 6.54. The summed E-state index contributed by atoms with van der Waals surface area (Å²) in [6.45, 7) is 9.98. The van der Waals surface area contributed by atoms with Crippen LogP contribution in [-0.4, -0.2) is 159 Å². The second kappa shape index (κ2) is 24.5. The molecule has 320 valence electrons. The number of carbonyl (C=O) groups is 1. The summed E-state index contributed by atoms with van der Waals surface area (Å²) in [6, 6.07) is 10.4. The summed E-state index contributed by atoms with van der Waals surface area (Å²) in [5.74, 6) is 0.451. The van der Waals surface area contributed by atoms with Crippen LogP contribution in [0.3, 0.4) is 0 Å². The number of rotatable bonds is 29. The highest BCUT2D eigenvalue weighted by molar-refractivity contribution is 5.99. The molecule has 1 amide bonds. The molecule has 0 radical (unpaired) electrons. The zero-order chi connectivity index (χ0) is 40.9. The first kappa shape index (κ1) is 43.9. The van der Waals surface area contributed by atoms with Crippen LogP contribution in [0.2, 0.25) is 0 Å². The van der Waals surface area contributed by atoms with Crippen LogP contribution in [0.15, 0.2) is 49.1 Å². The number of hydrogen-bond acceptors (Lipinski definition) is 15. The van der Waals surface area contributed by atoms with Gasteiger partial charge >= 0.3 is 0 Å². The highest BCUT2D eigenvalue weighted by Crippen LogP contribution is 2.32. The normalized spacial score (nSPS) is 12.9. The molecule has 1 aliphatic heterocycles. The molecule has 0 atom stereocenters. The number of hydrogen-bond donors (Lipinski definition) is 3. The van der Waals surface area contributed by atoms with Gasteiger partial charge in [-0.3, -0.25) is 4.79 Å². The Morgan fingerprint density at radius 1 is 0.712 bits per heavy atom. The molecule has 0 saturated heterocycles. The number of nitrogens with one attached hydrogen (secondary N) is 1. The second-order valence-electron chi connectivity index (χ2n) is 13.7. The molecule has 0 fully saturated rings. The molecule has 6 rings (SSSR count). The summed E-state index contributed by atoms with van der Waals surface area (Å²) in [5, 5.41) is 6.62. The van der Waals surface area contributed by atoms with E-state index in [0.717, 1.165) is 34.1 Å². The van der Waals surface area contributed by atoms with Crippen molar-refractivity contribution in [3.63, 3.8) is 0 Å². The van der Waals surface area contributed by atoms with Crippen molar-refractivity contribution in [1.82, 2.24) is 34.6 Å². The van der Waals surface area contributed by atoms with Crippen molar-refractivity contribution in [2.75, 3.05) is 125 Å². The summed E-state index contributed by atoms with van der Waals surface area (Å²) in [6.07, 6.45) is 6.20. The molecule has 18 nitrogen and oxygen atoms in total. The lowest BCUT2D eigenvalue weighted by molar-refractivity contribution is -0.133. The first-order chi connectivity index (χ1) is 29.1. The van der Waals surface area contributed by atoms with E-state index >= 15 is 0 Å². The van der Waals surface area contributed by atoms with Gasteiger partial charge < -0.3 is 59.2 Å². The number of carbonyl (C=O) groups excluding carboxylic acids is 1. The molecule has 0 spiro atoms. The molecule has 0 unspecified atom stereocenters. The van der Waals surface area contributed by atoms with E-state index in [1.807, 2.05) is 27.9 Å². The Morgan fingerprint density at radius 2 is 1.32 bits per heavy atom. The van der Waals surface area contributed by atoms with Gasteiger partial charge in [0.05, 0.1) is 124 Å². The van der Waals surface area contributed by atoms with Gasteiger partial charge in [0, 0.05) is 43.0 Å². The van der Waals surface area contributed by atoms with E-state index in [9.17, 15) is 4.79 Å². The molecule has 5 heterocycles. The van der Waals surface area contributed by atoms with E-state index in [4.69, 9.17) is 54.5 Å². The number of benzene rings is 1. The number of nitrogens with two attached hydrogens (primary N) is 2. The van der Waals surface area contributed by atoms with Crippen LogP contribution in [0.5, 0.6) is 0 Å². The Hall–Kier alpha value is -4.63. The van der Waals surface area contributed by atoms with Crippen LogP contribution in [0.4, 0.5) is 5.82 Å². The van der Waals surface area contributed by atoms with E-state index in [1.54, 1.807) is 6.20 Å². The lowest BCUT2D eigenvalue weighted by Crippen LogP contribution is -2.36. The van der Waals surface area contributed by atoms with Gasteiger partial charge in [0.1, 0.15) is 23.5 Å². The number of aromatic nitrogens is 6. The average molecular weight is 820 g/mol. The highest BCUT2D eigenvalue weighted by atomic mass is 16.6. The summed E-state index contributed by atoms with van der Waals surface area (Å²) >= 11 is 0. The van der Waals surface area contributed by atoms with Crippen molar-refractivity contribution in [1.29, 1.82) is 0 Å². The molecule has 0 saturated carbocycles. The Bertz CT molecular complexity index is 2010. The molecule has 0 aliphatic carbocycles. The number of pyridine rings is 1. The van der Waals surface area contributed by atoms with Gasteiger partial charge in [0.25, 0.3) is 0 Å². The van der Waals surface area contributed by atoms with Gasteiger partial charge in [-0.25, -0.2) is 19.6 Å². The molecule has 0 bridgehead atoms. The number of fused-ring (bicyclic) bond motifs is 3. The Morgan fingerprint density at radius 3 is 1.95 bits per heavy atom. The van der Waals surface area contributed by atoms with E-state index < -0.39 is 0 Å². The summed E-state index contributed by atoms with van der Waals surface area (Å²) < 4.78 is 45.7. The third-order valence-electron chi connectivity index (χ3n) is 9.53. The molecule has 1 aliphatic rings. The Labute approximate surface area is 343 Å². The number of ether oxygens (including phenoxy) is 8. The molecule has 5 aromatic rings. The second-order valence-corrected chi connectivity index (χ2v) is 13.7. The molecule has 5 N–H and O–H groups in total. The minimum Gasteiger partial charge on any atom is -0.383 e. The van der Waals surface area contributed by atoms with Crippen LogP contribution < -0.4 is 11.5 Å². The SMILES string of the molecule is NCCOCCOCCOCCOCCOCCOCCOCCOCCC(=O)N1CCc2cc(Cn3nc(-c4cnc5[nH]ccc5c4)c4c(N)ncnc43)ccc2C1. The molecule has 18 heteroatoms. The molecule has 4 aromatic heterocycles. The van der Waals surface area contributed by atoms with Gasteiger partial charge in [-0.1, -0.05) is 18.2 Å². The first-order valence-corrected chi connectivity index (χ1v) is 20.2. The molecule has 59 heavy (non-hydrogen) atoms. The number of H-pyrrole nitrogens is 1. The van der Waals surface area contributed by atoms with Crippen molar-refractivity contribution in [3.05, 3.63) is 65.7 Å². The number of nitrogen functional groups attached to an aromatic ring is 1. The van der Waals surface area contributed by atoms with Crippen LogP contribution in [0.25, 0.3) is 33.3 Å². The Kier molecular flexibility index (Phi) is 18.2. The fraction of sp³-hybridized carbons (Fsp3) is 0.537. The monoisotopic (exact) mass is 819 g/mol. The number of aromatic amines is 1.